The zero-order valence-corrected chi connectivity index (χ0v) is 25.7. The molecule has 0 bridgehead atoms. The van der Waals surface area contributed by atoms with Crippen molar-refractivity contribution in [2.24, 2.45) is 11.5 Å². The molecule has 44 heavy (non-hydrogen) atoms. The standard InChI is InChI=1S/2C15H16N2O3.2C2H6/c16-8-14-10-1-2-12(18)15(19)11(10)7-13(20-14)9-3-5-17-6-4-9;16-7-14-10-3-4-12(18)15(19)11(10)6-13(20-14)9-2-1-5-17-8-9;2*1-2/h1-6,13-14,18-19H,7-8,16H2;1-5,8,13-14,18-19H,6-7,16H2;2*1-2H3. The molecule has 0 radical (unpaired) electrons. The highest BCUT2D eigenvalue weighted by Crippen LogP contribution is 2.44. The lowest BCUT2D eigenvalue weighted by Gasteiger charge is -2.32. The van der Waals surface area contributed by atoms with E-state index in [9.17, 15) is 20.4 Å². The summed E-state index contributed by atoms with van der Waals surface area (Å²) < 4.78 is 12.0. The molecule has 10 heteroatoms. The van der Waals surface area contributed by atoms with Crippen LogP contribution in [0.5, 0.6) is 23.0 Å². The van der Waals surface area contributed by atoms with Crippen molar-refractivity contribution in [3.8, 4) is 23.0 Å². The smallest absolute Gasteiger partial charge is 0.161 e. The van der Waals surface area contributed by atoms with Gasteiger partial charge >= 0.3 is 0 Å². The Morgan fingerprint density at radius 2 is 1.11 bits per heavy atom. The number of pyridine rings is 2. The SMILES string of the molecule is CC.CC.NCC1OC(c2cccnc2)Cc2c1ccc(O)c2O.NCC1OC(c2ccncc2)Cc2c1ccc(O)c2O. The minimum absolute atomic E-state index is 0.0803. The van der Waals surface area contributed by atoms with E-state index in [0.29, 0.717) is 37.1 Å². The first-order valence-corrected chi connectivity index (χ1v) is 15.0. The second kappa shape index (κ2) is 16.6. The van der Waals surface area contributed by atoms with Gasteiger partial charge in [-0.2, -0.15) is 0 Å². The number of fused-ring (bicyclic) bond motifs is 2. The lowest BCUT2D eigenvalue weighted by molar-refractivity contribution is -0.0233. The molecule has 2 aliphatic heterocycles. The van der Waals surface area contributed by atoms with Crippen LogP contribution in [0.2, 0.25) is 0 Å². The molecule has 6 rings (SSSR count). The number of ether oxygens (including phenoxy) is 2. The molecule has 2 aromatic heterocycles. The van der Waals surface area contributed by atoms with Crippen molar-refractivity contribution < 1.29 is 29.9 Å². The van der Waals surface area contributed by atoms with E-state index in [1.807, 2.05) is 52.0 Å². The van der Waals surface area contributed by atoms with Crippen molar-refractivity contribution in [3.05, 3.63) is 107 Å². The molecule has 2 aromatic carbocycles. The third-order valence-electron chi connectivity index (χ3n) is 7.29. The van der Waals surface area contributed by atoms with E-state index in [0.717, 1.165) is 22.3 Å². The maximum atomic E-state index is 10.1. The van der Waals surface area contributed by atoms with Crippen LogP contribution >= 0.6 is 0 Å². The molecule has 0 saturated carbocycles. The van der Waals surface area contributed by atoms with Crippen LogP contribution in [0.3, 0.4) is 0 Å². The Morgan fingerprint density at radius 3 is 1.55 bits per heavy atom. The summed E-state index contributed by atoms with van der Waals surface area (Å²) in [7, 11) is 0. The van der Waals surface area contributed by atoms with E-state index in [2.05, 4.69) is 9.97 Å². The van der Waals surface area contributed by atoms with E-state index < -0.39 is 0 Å². The van der Waals surface area contributed by atoms with Crippen LogP contribution in [0.25, 0.3) is 0 Å². The number of phenols is 4. The van der Waals surface area contributed by atoms with Gasteiger partial charge in [0.1, 0.15) is 0 Å². The van der Waals surface area contributed by atoms with E-state index in [-0.39, 0.29) is 47.4 Å². The Labute approximate surface area is 259 Å². The van der Waals surface area contributed by atoms with Gasteiger partial charge in [0.2, 0.25) is 0 Å². The van der Waals surface area contributed by atoms with Gasteiger partial charge in [-0.25, -0.2) is 0 Å². The van der Waals surface area contributed by atoms with Crippen molar-refractivity contribution in [1.82, 2.24) is 9.97 Å². The predicted octanol–water partition coefficient (Wildman–Crippen LogP) is 5.67. The average molecular weight is 605 g/mol. The molecule has 0 spiro atoms. The number of aromatic nitrogens is 2. The van der Waals surface area contributed by atoms with Gasteiger partial charge in [-0.15, -0.1) is 0 Å². The number of aromatic hydroxyl groups is 4. The Balaban J connectivity index is 0.000000216. The molecule has 4 atom stereocenters. The van der Waals surface area contributed by atoms with Gasteiger partial charge in [-0.1, -0.05) is 45.9 Å². The molecule has 8 N–H and O–H groups in total. The summed E-state index contributed by atoms with van der Waals surface area (Å²) in [5.74, 6) is -0.400. The Kier molecular flexibility index (Phi) is 12.9. The highest BCUT2D eigenvalue weighted by Gasteiger charge is 2.32. The third kappa shape index (κ3) is 7.64. The zero-order chi connectivity index (χ0) is 32.2. The van der Waals surface area contributed by atoms with Gasteiger partial charge in [0.15, 0.2) is 23.0 Å². The van der Waals surface area contributed by atoms with Crippen molar-refractivity contribution in [2.45, 2.75) is 65.0 Å². The van der Waals surface area contributed by atoms with Gasteiger partial charge in [-0.3, -0.25) is 9.97 Å². The average Bonchev–Trinajstić information content (AvgIpc) is 3.10. The monoisotopic (exact) mass is 604 g/mol. The van der Waals surface area contributed by atoms with Crippen LogP contribution in [-0.2, 0) is 22.3 Å². The van der Waals surface area contributed by atoms with Crippen LogP contribution in [0.4, 0.5) is 0 Å². The maximum Gasteiger partial charge on any atom is 0.161 e. The summed E-state index contributed by atoms with van der Waals surface area (Å²) in [4.78, 5) is 8.07. The highest BCUT2D eigenvalue weighted by molar-refractivity contribution is 5.52. The van der Waals surface area contributed by atoms with Crippen LogP contribution < -0.4 is 11.5 Å². The van der Waals surface area contributed by atoms with E-state index in [1.54, 1.807) is 36.9 Å². The summed E-state index contributed by atoms with van der Waals surface area (Å²) >= 11 is 0. The molecule has 4 unspecified atom stereocenters. The summed E-state index contributed by atoms with van der Waals surface area (Å²) in [6.07, 6.45) is 6.81. The van der Waals surface area contributed by atoms with Gasteiger partial charge in [-0.05, 0) is 52.6 Å². The number of nitrogens with two attached hydrogens (primary N) is 2. The lowest BCUT2D eigenvalue weighted by Crippen LogP contribution is -2.25. The van der Waals surface area contributed by atoms with Crippen molar-refractivity contribution >= 4 is 0 Å². The molecule has 10 nitrogen and oxygen atoms in total. The minimum atomic E-state index is -0.296. The largest absolute Gasteiger partial charge is 0.504 e. The van der Waals surface area contributed by atoms with Crippen LogP contribution in [0.1, 0.15) is 85.5 Å². The zero-order valence-electron chi connectivity index (χ0n) is 25.7. The first-order chi connectivity index (χ1) is 21.4. The molecule has 0 fully saturated rings. The second-order valence-electron chi connectivity index (χ2n) is 9.68. The summed E-state index contributed by atoms with van der Waals surface area (Å²) in [6.45, 7) is 8.63. The van der Waals surface area contributed by atoms with Crippen molar-refractivity contribution in [2.75, 3.05) is 13.1 Å². The topological polar surface area (TPSA) is 177 Å². The number of phenolic OH excluding ortho intramolecular Hbond substituents is 4. The first-order valence-electron chi connectivity index (χ1n) is 15.0. The van der Waals surface area contributed by atoms with Gasteiger partial charge in [0.25, 0.3) is 0 Å². The molecule has 0 saturated heterocycles. The number of nitrogens with zero attached hydrogens (tertiary/aromatic N) is 2. The lowest BCUT2D eigenvalue weighted by atomic mass is 9.90. The Hall–Kier alpha value is -4.22. The number of benzene rings is 2. The van der Waals surface area contributed by atoms with Crippen LogP contribution in [-0.4, -0.2) is 43.5 Å². The van der Waals surface area contributed by atoms with Gasteiger partial charge < -0.3 is 41.4 Å². The van der Waals surface area contributed by atoms with E-state index in [4.69, 9.17) is 20.9 Å². The summed E-state index contributed by atoms with van der Waals surface area (Å²) in [6, 6.07) is 14.0. The van der Waals surface area contributed by atoms with Gasteiger partial charge in [0.05, 0.1) is 24.4 Å². The number of rotatable bonds is 4. The molecule has 2 aliphatic rings. The molecule has 4 aromatic rings. The van der Waals surface area contributed by atoms with Crippen molar-refractivity contribution in [1.29, 1.82) is 0 Å². The summed E-state index contributed by atoms with van der Waals surface area (Å²) in [5, 5.41) is 39.4. The highest BCUT2D eigenvalue weighted by atomic mass is 16.5. The second-order valence-corrected chi connectivity index (χ2v) is 9.68. The number of hydrogen-bond acceptors (Lipinski definition) is 10. The quantitative estimate of drug-likeness (QED) is 0.159. The van der Waals surface area contributed by atoms with E-state index >= 15 is 0 Å². The predicted molar refractivity (Wildman–Crippen MR) is 169 cm³/mol. The van der Waals surface area contributed by atoms with E-state index in [1.165, 1.54) is 12.1 Å². The van der Waals surface area contributed by atoms with Crippen LogP contribution in [0.15, 0.2) is 73.3 Å². The molecule has 0 amide bonds. The van der Waals surface area contributed by atoms with Crippen LogP contribution in [0, 0.1) is 0 Å². The molecule has 0 aliphatic carbocycles. The minimum Gasteiger partial charge on any atom is -0.504 e. The Bertz CT molecular complexity index is 1340. The summed E-state index contributed by atoms with van der Waals surface area (Å²) in [5.41, 5.74) is 16.5. The Morgan fingerprint density at radius 1 is 0.636 bits per heavy atom. The molecular formula is C34H44N4O6. The fraction of sp³-hybridized carbons (Fsp3) is 0.353. The number of hydrogen-bond donors (Lipinski definition) is 6. The van der Waals surface area contributed by atoms with Gasteiger partial charge in [0, 0.05) is 61.8 Å². The molecule has 236 valence electrons. The maximum absolute atomic E-state index is 10.1. The fourth-order valence-corrected chi connectivity index (χ4v) is 5.22. The van der Waals surface area contributed by atoms with Crippen molar-refractivity contribution in [3.63, 3.8) is 0 Å². The molecule has 4 heterocycles. The third-order valence-corrected chi connectivity index (χ3v) is 7.29. The normalized spacial score (nSPS) is 19.8. The fourth-order valence-electron chi connectivity index (χ4n) is 5.22. The molecular weight excluding hydrogens is 560 g/mol. The first kappa shape index (κ1) is 34.3.